The van der Waals surface area contributed by atoms with Gasteiger partial charge in [-0.3, -0.25) is 9.79 Å². The molecule has 2 aromatic carbocycles. The quantitative estimate of drug-likeness (QED) is 0.411. The molecule has 0 bridgehead atoms. The molecule has 1 amide bonds. The Balaban J connectivity index is 1.72. The smallest absolute Gasteiger partial charge is 0.251 e. The van der Waals surface area contributed by atoms with Gasteiger partial charge in [0.1, 0.15) is 0 Å². The summed E-state index contributed by atoms with van der Waals surface area (Å²) in [6, 6.07) is 14.5. The van der Waals surface area contributed by atoms with Crippen LogP contribution in [0, 0.1) is 0 Å². The van der Waals surface area contributed by atoms with Crippen molar-refractivity contribution in [2.45, 2.75) is 6.54 Å². The van der Waals surface area contributed by atoms with Crippen LogP contribution < -0.4 is 16.0 Å². The van der Waals surface area contributed by atoms with Crippen molar-refractivity contribution < 1.29 is 4.79 Å². The molecule has 0 aliphatic rings. The van der Waals surface area contributed by atoms with Crippen LogP contribution in [0.5, 0.6) is 0 Å². The molecule has 2 rings (SSSR count). The van der Waals surface area contributed by atoms with Crippen LogP contribution in [0.15, 0.2) is 53.5 Å². The average Bonchev–Trinajstić information content (AvgIpc) is 2.63. The number of rotatable bonds is 6. The van der Waals surface area contributed by atoms with E-state index in [-0.39, 0.29) is 5.91 Å². The summed E-state index contributed by atoms with van der Waals surface area (Å²) < 4.78 is 0. The Hall–Kier alpha value is -2.24. The van der Waals surface area contributed by atoms with Crippen molar-refractivity contribution in [3.63, 3.8) is 0 Å². The minimum atomic E-state index is -0.0988. The fraction of sp³-hybridized carbons (Fsp3) is 0.222. The molecule has 0 fully saturated rings. The van der Waals surface area contributed by atoms with Gasteiger partial charge in [-0.25, -0.2) is 0 Å². The molecule has 0 aromatic heterocycles. The van der Waals surface area contributed by atoms with E-state index < -0.39 is 0 Å². The zero-order valence-corrected chi connectivity index (χ0v) is 15.4. The second-order valence-electron chi connectivity index (χ2n) is 5.21. The van der Waals surface area contributed by atoms with Crippen molar-refractivity contribution in [1.82, 2.24) is 16.0 Å². The van der Waals surface area contributed by atoms with Gasteiger partial charge < -0.3 is 16.0 Å². The molecule has 0 unspecified atom stereocenters. The number of guanidine groups is 1. The van der Waals surface area contributed by atoms with Gasteiger partial charge in [0, 0.05) is 42.3 Å². The fourth-order valence-electron chi connectivity index (χ4n) is 2.11. The van der Waals surface area contributed by atoms with E-state index in [9.17, 15) is 4.79 Å². The van der Waals surface area contributed by atoms with Gasteiger partial charge in [0.2, 0.25) is 0 Å². The number of hydrogen-bond acceptors (Lipinski definition) is 2. The van der Waals surface area contributed by atoms with Crippen molar-refractivity contribution in [1.29, 1.82) is 0 Å². The second kappa shape index (κ2) is 9.91. The van der Waals surface area contributed by atoms with Crippen LogP contribution in [0.1, 0.15) is 15.9 Å². The van der Waals surface area contributed by atoms with Crippen molar-refractivity contribution in [2.24, 2.45) is 4.99 Å². The molecule has 0 atom stereocenters. The number of benzene rings is 2. The maximum absolute atomic E-state index is 11.9. The summed E-state index contributed by atoms with van der Waals surface area (Å²) in [6.07, 6.45) is 0. The van der Waals surface area contributed by atoms with E-state index in [1.807, 2.05) is 24.3 Å². The third-order valence-electron chi connectivity index (χ3n) is 3.42. The lowest BCUT2D eigenvalue weighted by atomic mass is 10.2. The third-order valence-corrected chi connectivity index (χ3v) is 4.01. The Morgan fingerprint density at radius 1 is 1.00 bits per heavy atom. The van der Waals surface area contributed by atoms with Crippen LogP contribution >= 0.6 is 23.2 Å². The van der Waals surface area contributed by atoms with Crippen LogP contribution in [0.3, 0.4) is 0 Å². The molecule has 132 valence electrons. The highest BCUT2D eigenvalue weighted by Gasteiger charge is 2.05. The molecule has 2 aromatic rings. The molecule has 0 saturated carbocycles. The zero-order chi connectivity index (χ0) is 18.1. The van der Waals surface area contributed by atoms with Gasteiger partial charge in [-0.05, 0) is 29.8 Å². The summed E-state index contributed by atoms with van der Waals surface area (Å²) in [5.41, 5.74) is 1.56. The Bertz CT molecular complexity index is 735. The lowest BCUT2D eigenvalue weighted by Gasteiger charge is -2.13. The van der Waals surface area contributed by atoms with E-state index in [0.29, 0.717) is 41.2 Å². The van der Waals surface area contributed by atoms with Crippen molar-refractivity contribution in [3.8, 4) is 0 Å². The van der Waals surface area contributed by atoms with E-state index in [0.717, 1.165) is 5.56 Å². The van der Waals surface area contributed by atoms with E-state index in [2.05, 4.69) is 20.9 Å². The van der Waals surface area contributed by atoms with Crippen molar-refractivity contribution >= 4 is 35.1 Å². The number of amides is 1. The van der Waals surface area contributed by atoms with Crippen molar-refractivity contribution in [3.05, 3.63) is 69.7 Å². The molecule has 0 radical (unpaired) electrons. The SMILES string of the molecule is CN=C(NCCNC(=O)c1ccccc1)NCc1ccc(Cl)cc1Cl. The lowest BCUT2D eigenvalue weighted by Crippen LogP contribution is -2.41. The number of nitrogens with zero attached hydrogens (tertiary/aromatic N) is 1. The predicted molar refractivity (Wildman–Crippen MR) is 103 cm³/mol. The lowest BCUT2D eigenvalue weighted by molar-refractivity contribution is 0.0954. The van der Waals surface area contributed by atoms with Gasteiger partial charge in [-0.1, -0.05) is 47.5 Å². The predicted octanol–water partition coefficient (Wildman–Crippen LogP) is 3.09. The summed E-state index contributed by atoms with van der Waals surface area (Å²) in [7, 11) is 1.68. The average molecular weight is 379 g/mol. The maximum atomic E-state index is 11.9. The van der Waals surface area contributed by atoms with Crippen LogP contribution in [0.25, 0.3) is 0 Å². The first-order chi connectivity index (χ1) is 12.1. The molecule has 3 N–H and O–H groups in total. The minimum Gasteiger partial charge on any atom is -0.355 e. The summed E-state index contributed by atoms with van der Waals surface area (Å²) in [6.45, 7) is 1.55. The first kappa shape index (κ1) is 19.1. The Labute approximate surface area is 157 Å². The highest BCUT2D eigenvalue weighted by Crippen LogP contribution is 2.20. The van der Waals surface area contributed by atoms with Gasteiger partial charge in [0.05, 0.1) is 0 Å². The highest BCUT2D eigenvalue weighted by molar-refractivity contribution is 6.35. The van der Waals surface area contributed by atoms with E-state index in [1.165, 1.54) is 0 Å². The number of nitrogens with one attached hydrogen (secondary N) is 3. The van der Waals surface area contributed by atoms with Crippen LogP contribution in [0.2, 0.25) is 10.0 Å². The van der Waals surface area contributed by atoms with Gasteiger partial charge >= 0.3 is 0 Å². The molecular formula is C18H20Cl2N4O. The van der Waals surface area contributed by atoms with Crippen LogP contribution in [0.4, 0.5) is 0 Å². The van der Waals surface area contributed by atoms with E-state index in [1.54, 1.807) is 31.3 Å². The third kappa shape index (κ3) is 6.29. The largest absolute Gasteiger partial charge is 0.355 e. The first-order valence-electron chi connectivity index (χ1n) is 7.82. The summed E-state index contributed by atoms with van der Waals surface area (Å²) in [5, 5.41) is 10.3. The van der Waals surface area contributed by atoms with Crippen LogP contribution in [-0.4, -0.2) is 32.0 Å². The summed E-state index contributed by atoms with van der Waals surface area (Å²) in [5.74, 6) is 0.526. The molecule has 25 heavy (non-hydrogen) atoms. The summed E-state index contributed by atoms with van der Waals surface area (Å²) in [4.78, 5) is 16.1. The van der Waals surface area contributed by atoms with Crippen molar-refractivity contribution in [2.75, 3.05) is 20.1 Å². The minimum absolute atomic E-state index is 0.0988. The number of carbonyl (C=O) groups is 1. The molecule has 0 spiro atoms. The van der Waals surface area contributed by atoms with Crippen LogP contribution in [-0.2, 0) is 6.54 Å². The van der Waals surface area contributed by atoms with Gasteiger partial charge in [-0.15, -0.1) is 0 Å². The Morgan fingerprint density at radius 3 is 2.40 bits per heavy atom. The number of aliphatic imine (C=N–C) groups is 1. The Morgan fingerprint density at radius 2 is 1.72 bits per heavy atom. The first-order valence-corrected chi connectivity index (χ1v) is 8.57. The van der Waals surface area contributed by atoms with Gasteiger partial charge in [0.25, 0.3) is 5.91 Å². The maximum Gasteiger partial charge on any atom is 0.251 e. The van der Waals surface area contributed by atoms with E-state index >= 15 is 0 Å². The zero-order valence-electron chi connectivity index (χ0n) is 13.9. The second-order valence-corrected chi connectivity index (χ2v) is 6.05. The monoisotopic (exact) mass is 378 g/mol. The number of halogens is 2. The number of hydrogen-bond donors (Lipinski definition) is 3. The van der Waals surface area contributed by atoms with Gasteiger partial charge in [-0.2, -0.15) is 0 Å². The fourth-order valence-corrected chi connectivity index (χ4v) is 2.59. The normalized spacial score (nSPS) is 11.1. The Kier molecular flexibility index (Phi) is 7.57. The molecule has 0 saturated heterocycles. The molecule has 0 aliphatic carbocycles. The molecule has 0 aliphatic heterocycles. The summed E-state index contributed by atoms with van der Waals surface area (Å²) >= 11 is 12.0. The molecule has 0 heterocycles. The van der Waals surface area contributed by atoms with Gasteiger partial charge in [0.15, 0.2) is 5.96 Å². The molecule has 7 heteroatoms. The number of carbonyl (C=O) groups excluding carboxylic acids is 1. The van der Waals surface area contributed by atoms with E-state index in [4.69, 9.17) is 23.2 Å². The topological polar surface area (TPSA) is 65.5 Å². The molecular weight excluding hydrogens is 359 g/mol. The standard InChI is InChI=1S/C18H20Cl2N4O/c1-21-18(24-12-14-7-8-15(19)11-16(14)20)23-10-9-22-17(25)13-5-3-2-4-6-13/h2-8,11H,9-10,12H2,1H3,(H,22,25)(H2,21,23,24). The molecule has 5 nitrogen and oxygen atoms in total. The highest BCUT2D eigenvalue weighted by atomic mass is 35.5.